The molecule has 1 N–H and O–H groups in total. The monoisotopic (exact) mass is 409 g/mol. The van der Waals surface area contributed by atoms with Gasteiger partial charge in [-0.15, -0.1) is 0 Å². The minimum atomic E-state index is -0.134. The van der Waals surface area contributed by atoms with E-state index in [0.717, 1.165) is 28.9 Å². The summed E-state index contributed by atoms with van der Waals surface area (Å²) in [4.78, 5) is 18.4. The second-order valence-corrected chi connectivity index (χ2v) is 7.72. The predicted octanol–water partition coefficient (Wildman–Crippen LogP) is 5.81. The van der Waals surface area contributed by atoms with Crippen LogP contribution in [-0.2, 0) is 13.5 Å². The molecule has 0 saturated heterocycles. The Balaban J connectivity index is 1.79. The van der Waals surface area contributed by atoms with E-state index in [0.29, 0.717) is 11.4 Å². The highest BCUT2D eigenvalue weighted by Crippen LogP contribution is 2.30. The lowest BCUT2D eigenvalue weighted by molar-refractivity contribution is 0.0932. The molecule has 1 unspecified atom stereocenters. The van der Waals surface area contributed by atoms with Crippen LogP contribution in [0.4, 0.5) is 0 Å². The van der Waals surface area contributed by atoms with Crippen LogP contribution < -0.4 is 5.32 Å². The van der Waals surface area contributed by atoms with Crippen molar-refractivity contribution in [1.82, 2.24) is 14.9 Å². The van der Waals surface area contributed by atoms with Crippen LogP contribution in [-0.4, -0.2) is 15.5 Å². The summed E-state index contributed by atoms with van der Waals surface area (Å²) in [6.45, 7) is 4.13. The molecule has 4 heteroatoms. The molecule has 4 rings (SSSR count). The van der Waals surface area contributed by atoms with Gasteiger partial charge < -0.3 is 9.88 Å². The van der Waals surface area contributed by atoms with Crippen molar-refractivity contribution in [2.75, 3.05) is 0 Å². The fraction of sp³-hybridized carbons (Fsp3) is 0.185. The van der Waals surface area contributed by atoms with Gasteiger partial charge in [-0.25, -0.2) is 4.98 Å². The normalized spacial score (nSPS) is 11.8. The van der Waals surface area contributed by atoms with E-state index in [2.05, 4.69) is 24.4 Å². The molecule has 4 aromatic rings. The third-order valence-corrected chi connectivity index (χ3v) is 5.60. The molecule has 4 nitrogen and oxygen atoms in total. The van der Waals surface area contributed by atoms with Gasteiger partial charge in [0, 0.05) is 18.2 Å². The number of benzene rings is 3. The largest absolute Gasteiger partial charge is 0.344 e. The fourth-order valence-electron chi connectivity index (χ4n) is 3.83. The van der Waals surface area contributed by atoms with Crippen LogP contribution in [0.3, 0.4) is 0 Å². The van der Waals surface area contributed by atoms with Crippen molar-refractivity contribution < 1.29 is 4.79 Å². The van der Waals surface area contributed by atoms with E-state index in [1.54, 1.807) is 0 Å². The van der Waals surface area contributed by atoms with Crippen LogP contribution in [0.1, 0.15) is 41.5 Å². The number of amides is 1. The van der Waals surface area contributed by atoms with Gasteiger partial charge in [-0.2, -0.15) is 0 Å². The van der Waals surface area contributed by atoms with Gasteiger partial charge in [0.25, 0.3) is 5.91 Å². The van der Waals surface area contributed by atoms with Crippen LogP contribution in [0, 0.1) is 0 Å². The molecule has 0 saturated carbocycles. The van der Waals surface area contributed by atoms with Gasteiger partial charge in [-0.1, -0.05) is 85.8 Å². The zero-order valence-electron chi connectivity index (χ0n) is 18.2. The van der Waals surface area contributed by atoms with Crippen molar-refractivity contribution in [3.63, 3.8) is 0 Å². The molecule has 3 aromatic carbocycles. The second-order valence-electron chi connectivity index (χ2n) is 7.72. The number of hydrogen-bond donors (Lipinski definition) is 1. The number of aromatic nitrogens is 2. The summed E-state index contributed by atoms with van der Waals surface area (Å²) in [5.74, 6) is 0.639. The number of imidazole rings is 1. The summed E-state index contributed by atoms with van der Waals surface area (Å²) >= 11 is 0. The number of hydrogen-bond acceptors (Lipinski definition) is 2. The summed E-state index contributed by atoms with van der Waals surface area (Å²) in [6, 6.07) is 28.1. The van der Waals surface area contributed by atoms with Crippen molar-refractivity contribution in [2.24, 2.45) is 7.05 Å². The van der Waals surface area contributed by atoms with E-state index in [1.807, 2.05) is 91.3 Å². The molecule has 0 radical (unpaired) electrons. The molecule has 0 fully saturated rings. The van der Waals surface area contributed by atoms with Crippen molar-refractivity contribution in [2.45, 2.75) is 26.3 Å². The number of carbonyl (C=O) groups excluding carboxylic acids is 1. The third kappa shape index (κ3) is 4.29. The molecular formula is C27H27N3O. The van der Waals surface area contributed by atoms with Crippen LogP contribution in [0.25, 0.3) is 22.6 Å². The SMILES string of the molecule is CCc1cccc(-c2nc(-c3ccccc3)n(C)c2C(=O)NC(C)c2ccccc2)c1. The van der Waals surface area contributed by atoms with Crippen LogP contribution in [0.5, 0.6) is 0 Å². The van der Waals surface area contributed by atoms with Gasteiger partial charge in [0.05, 0.1) is 6.04 Å². The smallest absolute Gasteiger partial charge is 0.270 e. The van der Waals surface area contributed by atoms with Gasteiger partial charge >= 0.3 is 0 Å². The molecule has 0 aliphatic carbocycles. The first kappa shape index (κ1) is 20.6. The summed E-state index contributed by atoms with van der Waals surface area (Å²) < 4.78 is 1.90. The van der Waals surface area contributed by atoms with Crippen LogP contribution in [0.2, 0.25) is 0 Å². The minimum absolute atomic E-state index is 0.112. The summed E-state index contributed by atoms with van der Waals surface area (Å²) in [6.07, 6.45) is 0.929. The summed E-state index contributed by atoms with van der Waals surface area (Å²) in [7, 11) is 1.91. The number of carbonyl (C=O) groups is 1. The number of nitrogens with zero attached hydrogens (tertiary/aromatic N) is 2. The highest BCUT2D eigenvalue weighted by atomic mass is 16.2. The van der Waals surface area contributed by atoms with Crippen molar-refractivity contribution >= 4 is 5.91 Å². The predicted molar refractivity (Wildman–Crippen MR) is 126 cm³/mol. The first-order valence-electron chi connectivity index (χ1n) is 10.7. The van der Waals surface area contributed by atoms with E-state index < -0.39 is 0 Å². The van der Waals surface area contributed by atoms with Gasteiger partial charge in [0.15, 0.2) is 0 Å². The van der Waals surface area contributed by atoms with Crippen molar-refractivity contribution in [3.05, 3.63) is 102 Å². The molecule has 31 heavy (non-hydrogen) atoms. The molecule has 0 spiro atoms. The van der Waals surface area contributed by atoms with Gasteiger partial charge in [-0.3, -0.25) is 4.79 Å². The lowest BCUT2D eigenvalue weighted by Gasteiger charge is -2.15. The highest BCUT2D eigenvalue weighted by molar-refractivity contribution is 5.99. The molecule has 156 valence electrons. The Morgan fingerprint density at radius 1 is 0.935 bits per heavy atom. The van der Waals surface area contributed by atoms with Crippen LogP contribution in [0.15, 0.2) is 84.9 Å². The van der Waals surface area contributed by atoms with Crippen molar-refractivity contribution in [1.29, 1.82) is 0 Å². The Kier molecular flexibility index (Phi) is 5.99. The lowest BCUT2D eigenvalue weighted by Crippen LogP contribution is -2.28. The maximum atomic E-state index is 13.5. The molecule has 0 aliphatic heterocycles. The van der Waals surface area contributed by atoms with E-state index in [1.165, 1.54) is 5.56 Å². The lowest BCUT2D eigenvalue weighted by atomic mass is 10.0. The molecular weight excluding hydrogens is 382 g/mol. The average Bonchev–Trinajstić information content (AvgIpc) is 3.17. The highest BCUT2D eigenvalue weighted by Gasteiger charge is 2.24. The first-order chi connectivity index (χ1) is 15.1. The Morgan fingerprint density at radius 3 is 2.26 bits per heavy atom. The van der Waals surface area contributed by atoms with E-state index in [4.69, 9.17) is 4.98 Å². The number of nitrogens with one attached hydrogen (secondary N) is 1. The zero-order valence-corrected chi connectivity index (χ0v) is 18.2. The maximum absolute atomic E-state index is 13.5. The molecule has 1 heterocycles. The Bertz CT molecular complexity index is 1180. The second kappa shape index (κ2) is 9.00. The van der Waals surface area contributed by atoms with E-state index in [9.17, 15) is 4.79 Å². The van der Waals surface area contributed by atoms with Crippen molar-refractivity contribution in [3.8, 4) is 22.6 Å². The Labute approximate surface area is 183 Å². The maximum Gasteiger partial charge on any atom is 0.270 e. The molecule has 1 atom stereocenters. The fourth-order valence-corrected chi connectivity index (χ4v) is 3.83. The number of rotatable bonds is 6. The van der Waals surface area contributed by atoms with Gasteiger partial charge in [-0.05, 0) is 30.5 Å². The third-order valence-electron chi connectivity index (χ3n) is 5.60. The summed E-state index contributed by atoms with van der Waals surface area (Å²) in [5, 5.41) is 3.16. The quantitative estimate of drug-likeness (QED) is 0.437. The minimum Gasteiger partial charge on any atom is -0.344 e. The van der Waals surface area contributed by atoms with Gasteiger partial charge in [0.2, 0.25) is 0 Å². The average molecular weight is 410 g/mol. The summed E-state index contributed by atoms with van der Waals surface area (Å²) in [5.41, 5.74) is 5.48. The van der Waals surface area contributed by atoms with Gasteiger partial charge in [0.1, 0.15) is 17.2 Å². The standard InChI is InChI=1S/C27H27N3O/c1-4-20-12-11-17-23(18-20)24-25(27(31)28-19(2)21-13-7-5-8-14-21)30(3)26(29-24)22-15-9-6-10-16-22/h5-19H,4H2,1-3H3,(H,28,31). The molecule has 1 amide bonds. The topological polar surface area (TPSA) is 46.9 Å². The zero-order chi connectivity index (χ0) is 21.8. The Hall–Kier alpha value is -3.66. The molecule has 1 aromatic heterocycles. The van der Waals surface area contributed by atoms with Crippen LogP contribution >= 0.6 is 0 Å². The molecule has 0 aliphatic rings. The molecule has 0 bridgehead atoms. The first-order valence-corrected chi connectivity index (χ1v) is 10.7. The Morgan fingerprint density at radius 2 is 1.58 bits per heavy atom. The van der Waals surface area contributed by atoms with E-state index >= 15 is 0 Å². The number of aryl methyl sites for hydroxylation is 1. The van der Waals surface area contributed by atoms with E-state index in [-0.39, 0.29) is 11.9 Å².